The quantitative estimate of drug-likeness (QED) is 0.825. The highest BCUT2D eigenvalue weighted by molar-refractivity contribution is 7.91. The molecule has 1 rings (SSSR count). The molecule has 0 fully saturated rings. The van der Waals surface area contributed by atoms with Crippen molar-refractivity contribution in [2.75, 3.05) is 19.3 Å². The summed E-state index contributed by atoms with van der Waals surface area (Å²) in [5.41, 5.74) is 5.87. The lowest BCUT2D eigenvalue weighted by molar-refractivity contribution is -0.131. The molecule has 0 radical (unpaired) electrons. The van der Waals surface area contributed by atoms with Gasteiger partial charge in [-0.1, -0.05) is 0 Å². The second kappa shape index (κ2) is 5.68. The third kappa shape index (κ3) is 3.44. The van der Waals surface area contributed by atoms with Crippen molar-refractivity contribution in [2.45, 2.75) is 24.1 Å². The Morgan fingerprint density at radius 2 is 2.22 bits per heavy atom. The molecule has 6 nitrogen and oxygen atoms in total. The molecule has 3 N–H and O–H groups in total. The third-order valence-electron chi connectivity index (χ3n) is 2.41. The second-order valence-electron chi connectivity index (χ2n) is 3.89. The van der Waals surface area contributed by atoms with Crippen molar-refractivity contribution in [3.63, 3.8) is 0 Å². The van der Waals surface area contributed by atoms with E-state index < -0.39 is 16.1 Å². The number of anilines is 1. The summed E-state index contributed by atoms with van der Waals surface area (Å²) in [6, 6.07) is 0.566. The Hall–Kier alpha value is -1.12. The van der Waals surface area contributed by atoms with Crippen LogP contribution in [0.2, 0.25) is 0 Å². The van der Waals surface area contributed by atoms with E-state index in [1.165, 1.54) is 17.9 Å². The fourth-order valence-electron chi connectivity index (χ4n) is 1.30. The van der Waals surface area contributed by atoms with Crippen LogP contribution in [0.4, 0.5) is 5.69 Å². The average molecular weight is 291 g/mol. The summed E-state index contributed by atoms with van der Waals surface area (Å²) < 4.78 is 26.3. The molecule has 0 bridgehead atoms. The summed E-state index contributed by atoms with van der Waals surface area (Å²) in [5.74, 6) is -0.273. The van der Waals surface area contributed by atoms with E-state index in [4.69, 9.17) is 5.73 Å². The molecule has 0 aromatic carbocycles. The van der Waals surface area contributed by atoms with Crippen LogP contribution in [-0.2, 0) is 14.8 Å². The van der Waals surface area contributed by atoms with Crippen LogP contribution in [-0.4, -0.2) is 38.9 Å². The van der Waals surface area contributed by atoms with Crippen molar-refractivity contribution in [1.82, 2.24) is 9.62 Å². The van der Waals surface area contributed by atoms with Crippen LogP contribution in [0.25, 0.3) is 0 Å². The van der Waals surface area contributed by atoms with Gasteiger partial charge < -0.3 is 10.6 Å². The lowest BCUT2D eigenvalue weighted by Crippen LogP contribution is -2.45. The maximum Gasteiger partial charge on any atom is 0.250 e. The first-order valence-electron chi connectivity index (χ1n) is 5.39. The Morgan fingerprint density at radius 1 is 1.61 bits per heavy atom. The first-order valence-corrected chi connectivity index (χ1v) is 7.75. The number of sulfonamides is 1. The minimum Gasteiger partial charge on any atom is -0.398 e. The van der Waals surface area contributed by atoms with Crippen LogP contribution in [0, 0.1) is 0 Å². The molecule has 1 heterocycles. The van der Waals surface area contributed by atoms with Crippen molar-refractivity contribution in [3.8, 4) is 0 Å². The normalized spacial score (nSPS) is 13.3. The molecule has 0 aliphatic heterocycles. The number of nitrogens with one attached hydrogen (secondary N) is 1. The molecular formula is C10H17N3O3S2. The lowest BCUT2D eigenvalue weighted by atomic mass is 10.3. The molecule has 0 saturated heterocycles. The summed E-state index contributed by atoms with van der Waals surface area (Å²) >= 11 is 1.02. The fraction of sp³-hybridized carbons (Fsp3) is 0.500. The van der Waals surface area contributed by atoms with E-state index in [0.29, 0.717) is 12.2 Å². The minimum absolute atomic E-state index is 0.110. The number of hydrogen-bond donors (Lipinski definition) is 2. The molecule has 8 heteroatoms. The van der Waals surface area contributed by atoms with E-state index in [1.807, 2.05) is 6.92 Å². The Bertz CT molecular complexity index is 524. The zero-order chi connectivity index (χ0) is 13.9. The van der Waals surface area contributed by atoms with Gasteiger partial charge in [-0.25, -0.2) is 8.42 Å². The monoisotopic (exact) mass is 291 g/mol. The van der Waals surface area contributed by atoms with Gasteiger partial charge in [0.2, 0.25) is 5.91 Å². The molecule has 1 aromatic rings. The number of hydrogen-bond acceptors (Lipinski definition) is 5. The number of amides is 1. The molecule has 0 saturated carbocycles. The molecule has 1 atom stereocenters. The Kier molecular flexibility index (Phi) is 4.71. The summed E-state index contributed by atoms with van der Waals surface area (Å²) in [4.78, 5) is 13.2. The van der Waals surface area contributed by atoms with E-state index >= 15 is 0 Å². The predicted octanol–water partition coefficient (Wildman–Crippen LogP) is 0.475. The Labute approximate surface area is 111 Å². The molecule has 102 valence electrons. The Morgan fingerprint density at radius 3 is 2.67 bits per heavy atom. The van der Waals surface area contributed by atoms with Crippen molar-refractivity contribution >= 4 is 33.0 Å². The number of carbonyl (C=O) groups is 1. The molecule has 0 aliphatic carbocycles. The first kappa shape index (κ1) is 14.9. The second-order valence-corrected chi connectivity index (χ2v) is 6.75. The molecule has 1 amide bonds. The topological polar surface area (TPSA) is 92.5 Å². The van der Waals surface area contributed by atoms with E-state index in [-0.39, 0.29) is 10.1 Å². The van der Waals surface area contributed by atoms with Gasteiger partial charge in [-0.15, -0.1) is 11.3 Å². The maximum absolute atomic E-state index is 11.9. The van der Waals surface area contributed by atoms with Gasteiger partial charge in [0.05, 0.1) is 6.04 Å². The molecular weight excluding hydrogens is 274 g/mol. The largest absolute Gasteiger partial charge is 0.398 e. The number of nitrogen functional groups attached to an aromatic ring is 1. The van der Waals surface area contributed by atoms with Crippen LogP contribution < -0.4 is 10.5 Å². The molecule has 0 aliphatic rings. The van der Waals surface area contributed by atoms with Crippen LogP contribution >= 0.6 is 11.3 Å². The number of thiophene rings is 1. The number of rotatable bonds is 5. The van der Waals surface area contributed by atoms with Crippen molar-refractivity contribution in [1.29, 1.82) is 0 Å². The van der Waals surface area contributed by atoms with Gasteiger partial charge in [0, 0.05) is 24.7 Å². The number of likely N-dealkylation sites (N-methyl/N-ethyl adjacent to an activating group) is 1. The van der Waals surface area contributed by atoms with E-state index in [9.17, 15) is 13.2 Å². The van der Waals surface area contributed by atoms with Gasteiger partial charge in [-0.05, 0) is 19.9 Å². The zero-order valence-corrected chi connectivity index (χ0v) is 12.1. The lowest BCUT2D eigenvalue weighted by Gasteiger charge is -2.20. The molecule has 1 aromatic heterocycles. The molecule has 18 heavy (non-hydrogen) atoms. The highest BCUT2D eigenvalue weighted by atomic mass is 32.2. The average Bonchev–Trinajstić information content (AvgIpc) is 2.74. The van der Waals surface area contributed by atoms with Crippen molar-refractivity contribution in [3.05, 3.63) is 11.4 Å². The number of nitrogens with zero attached hydrogens (tertiary/aromatic N) is 1. The number of carbonyl (C=O) groups excluding carboxylic acids is 1. The highest BCUT2D eigenvalue weighted by Gasteiger charge is 2.24. The van der Waals surface area contributed by atoms with Gasteiger partial charge in [0.1, 0.15) is 4.21 Å². The zero-order valence-electron chi connectivity index (χ0n) is 10.5. The van der Waals surface area contributed by atoms with Crippen molar-refractivity contribution < 1.29 is 13.2 Å². The van der Waals surface area contributed by atoms with Crippen LogP contribution in [0.15, 0.2) is 15.7 Å². The van der Waals surface area contributed by atoms with Gasteiger partial charge in [-0.3, -0.25) is 4.79 Å². The summed E-state index contributed by atoms with van der Waals surface area (Å²) in [5, 5.41) is 1.54. The third-order valence-corrected chi connectivity index (χ3v) is 5.41. The van der Waals surface area contributed by atoms with E-state index in [2.05, 4.69) is 4.72 Å². The first-order chi connectivity index (χ1) is 8.27. The van der Waals surface area contributed by atoms with Crippen LogP contribution in [0.3, 0.4) is 0 Å². The van der Waals surface area contributed by atoms with Crippen molar-refractivity contribution in [2.24, 2.45) is 0 Å². The molecule has 0 spiro atoms. The van der Waals surface area contributed by atoms with Gasteiger partial charge >= 0.3 is 0 Å². The maximum atomic E-state index is 11.9. The van der Waals surface area contributed by atoms with Gasteiger partial charge in [-0.2, -0.15) is 4.72 Å². The minimum atomic E-state index is -3.68. The number of nitrogens with two attached hydrogens (primary N) is 1. The fourth-order valence-corrected chi connectivity index (χ4v) is 3.59. The summed E-state index contributed by atoms with van der Waals surface area (Å²) in [6.45, 7) is 3.86. The smallest absolute Gasteiger partial charge is 0.250 e. The highest BCUT2D eigenvalue weighted by Crippen LogP contribution is 2.21. The molecule has 1 unspecified atom stereocenters. The van der Waals surface area contributed by atoms with E-state index in [1.54, 1.807) is 12.4 Å². The standard InChI is InChI=1S/C10H17N3O3S2/c1-4-13(3)10(14)7(2)12-18(15,16)9-5-8(11)6-17-9/h5-7,12H,4,11H2,1-3H3. The Balaban J connectivity index is 2.81. The van der Waals surface area contributed by atoms with Gasteiger partial charge in [0.15, 0.2) is 0 Å². The van der Waals surface area contributed by atoms with E-state index in [0.717, 1.165) is 11.3 Å². The predicted molar refractivity (Wildman–Crippen MR) is 71.8 cm³/mol. The SMILES string of the molecule is CCN(C)C(=O)C(C)NS(=O)(=O)c1cc(N)cs1. The van der Waals surface area contributed by atoms with Gasteiger partial charge in [0.25, 0.3) is 10.0 Å². The van der Waals surface area contributed by atoms with Crippen LogP contribution in [0.5, 0.6) is 0 Å². The summed E-state index contributed by atoms with van der Waals surface area (Å²) in [7, 11) is -2.06. The van der Waals surface area contributed by atoms with Crippen LogP contribution in [0.1, 0.15) is 13.8 Å². The summed E-state index contributed by atoms with van der Waals surface area (Å²) in [6.07, 6.45) is 0.